The Kier molecular flexibility index (Phi) is 5.28. The summed E-state index contributed by atoms with van der Waals surface area (Å²) in [6, 6.07) is 14.0. The largest absolute Gasteiger partial charge is 0.495 e. The Labute approximate surface area is 186 Å². The number of aromatic nitrogens is 3. The fourth-order valence-electron chi connectivity index (χ4n) is 4.08. The topological polar surface area (TPSA) is 87.3 Å². The maximum Gasteiger partial charge on any atom is 0.231 e. The predicted octanol–water partition coefficient (Wildman–Crippen LogP) is 4.45. The molecule has 8 nitrogen and oxygen atoms in total. The van der Waals surface area contributed by atoms with Crippen LogP contribution in [0.2, 0.25) is 0 Å². The van der Waals surface area contributed by atoms with Crippen LogP contribution in [-0.4, -0.2) is 47.7 Å². The van der Waals surface area contributed by atoms with Crippen LogP contribution in [0.4, 0.5) is 23.1 Å². The van der Waals surface area contributed by atoms with E-state index in [0.717, 1.165) is 53.4 Å². The van der Waals surface area contributed by atoms with Crippen LogP contribution >= 0.6 is 0 Å². The molecule has 2 aromatic heterocycles. The van der Waals surface area contributed by atoms with Crippen LogP contribution in [0.3, 0.4) is 0 Å². The van der Waals surface area contributed by atoms with E-state index in [9.17, 15) is 0 Å². The van der Waals surface area contributed by atoms with Crippen LogP contribution in [-0.2, 0) is 13.0 Å². The molecule has 0 aliphatic carbocycles. The number of H-pyrrole nitrogens is 1. The maximum atomic E-state index is 5.67. The summed E-state index contributed by atoms with van der Waals surface area (Å²) in [5.41, 5.74) is 5.02. The average molecular weight is 431 g/mol. The van der Waals surface area contributed by atoms with Gasteiger partial charge in [-0.2, -0.15) is 9.97 Å². The highest BCUT2D eigenvalue weighted by atomic mass is 16.5. The lowest BCUT2D eigenvalue weighted by Gasteiger charge is -2.26. The lowest BCUT2D eigenvalue weighted by Crippen LogP contribution is -2.26. The van der Waals surface area contributed by atoms with Crippen LogP contribution in [0, 0.1) is 0 Å². The molecule has 0 saturated carbocycles. The number of likely N-dealkylation sites (N-methyl/N-ethyl adjacent to an activating group) is 1. The number of benzene rings is 2. The first-order valence-electron chi connectivity index (χ1n) is 10.5. The van der Waals surface area contributed by atoms with Crippen molar-refractivity contribution in [3.63, 3.8) is 0 Å². The summed E-state index contributed by atoms with van der Waals surface area (Å²) in [6.07, 6.45) is 2.87. The number of hydrogen-bond acceptors (Lipinski definition) is 7. The van der Waals surface area contributed by atoms with Gasteiger partial charge in [0.1, 0.15) is 23.0 Å². The number of ether oxygens (including phenoxy) is 2. The molecule has 5 rings (SSSR count). The minimum Gasteiger partial charge on any atom is -0.495 e. The minimum absolute atomic E-state index is 0.472. The summed E-state index contributed by atoms with van der Waals surface area (Å²) in [5.74, 6) is 2.67. The molecule has 0 unspecified atom stereocenters. The number of anilines is 4. The Hall–Kier alpha value is -3.78. The third kappa shape index (κ3) is 3.80. The third-order valence-electron chi connectivity index (χ3n) is 5.75. The van der Waals surface area contributed by atoms with Gasteiger partial charge in [0.25, 0.3) is 0 Å². The number of aromatic amines is 1. The van der Waals surface area contributed by atoms with Crippen molar-refractivity contribution in [2.24, 2.45) is 0 Å². The molecule has 0 fully saturated rings. The van der Waals surface area contributed by atoms with Gasteiger partial charge in [0, 0.05) is 19.3 Å². The van der Waals surface area contributed by atoms with Crippen LogP contribution < -0.4 is 20.1 Å². The van der Waals surface area contributed by atoms with Crippen LogP contribution in [0.1, 0.15) is 11.1 Å². The zero-order valence-electron chi connectivity index (χ0n) is 18.4. The molecule has 8 heteroatoms. The zero-order chi connectivity index (χ0) is 22.1. The zero-order valence-corrected chi connectivity index (χ0v) is 18.4. The van der Waals surface area contributed by atoms with Gasteiger partial charge in [0.05, 0.1) is 31.0 Å². The molecule has 3 N–H and O–H groups in total. The highest BCUT2D eigenvalue weighted by Gasteiger charge is 2.18. The summed E-state index contributed by atoms with van der Waals surface area (Å²) >= 11 is 0. The summed E-state index contributed by atoms with van der Waals surface area (Å²) in [6.45, 7) is 1.96. The molecule has 1 aliphatic heterocycles. The average Bonchev–Trinajstić information content (AvgIpc) is 3.28. The van der Waals surface area contributed by atoms with Gasteiger partial charge in [-0.25, -0.2) is 0 Å². The van der Waals surface area contributed by atoms with Crippen molar-refractivity contribution in [2.45, 2.75) is 13.0 Å². The molecule has 164 valence electrons. The second kappa shape index (κ2) is 8.39. The van der Waals surface area contributed by atoms with Crippen LogP contribution in [0.25, 0.3) is 11.0 Å². The molecule has 3 heterocycles. The Bertz CT molecular complexity index is 1270. The number of rotatable bonds is 6. The minimum atomic E-state index is 0.472. The maximum absolute atomic E-state index is 5.67. The molecule has 2 aromatic carbocycles. The fourth-order valence-corrected chi connectivity index (χ4v) is 4.08. The first-order chi connectivity index (χ1) is 15.6. The molecular weight excluding hydrogens is 404 g/mol. The normalized spacial score (nSPS) is 13.6. The standard InChI is InChI=1S/C24H26N6O2/c1-30-11-9-15-13-21(32-3)19(12-16(15)14-30)27-24-28-22-17(8-10-25-22)23(29-24)26-18-6-4-5-7-20(18)31-2/h4-8,10,12-13H,9,11,14H2,1-3H3,(H3,25,26,27,28,29). The third-order valence-corrected chi connectivity index (χ3v) is 5.75. The summed E-state index contributed by atoms with van der Waals surface area (Å²) in [4.78, 5) is 14.9. The molecule has 0 spiro atoms. The summed E-state index contributed by atoms with van der Waals surface area (Å²) < 4.78 is 11.1. The molecular formula is C24H26N6O2. The number of methoxy groups -OCH3 is 2. The number of nitrogens with zero attached hydrogens (tertiary/aromatic N) is 3. The smallest absolute Gasteiger partial charge is 0.231 e. The van der Waals surface area contributed by atoms with Crippen molar-refractivity contribution in [3.8, 4) is 11.5 Å². The Morgan fingerprint density at radius 1 is 0.938 bits per heavy atom. The summed E-state index contributed by atoms with van der Waals surface area (Å²) in [5, 5.41) is 7.65. The quantitative estimate of drug-likeness (QED) is 0.417. The van der Waals surface area contributed by atoms with E-state index in [2.05, 4.69) is 44.7 Å². The molecule has 0 amide bonds. The summed E-state index contributed by atoms with van der Waals surface area (Å²) in [7, 11) is 5.48. The Morgan fingerprint density at radius 2 is 1.78 bits per heavy atom. The van der Waals surface area contributed by atoms with Gasteiger partial charge in [-0.15, -0.1) is 0 Å². The van der Waals surface area contributed by atoms with Crippen LogP contribution in [0.15, 0.2) is 48.7 Å². The Balaban J connectivity index is 1.52. The van der Waals surface area contributed by atoms with E-state index in [1.165, 1.54) is 11.1 Å². The molecule has 4 aromatic rings. The monoisotopic (exact) mass is 430 g/mol. The van der Waals surface area contributed by atoms with Crippen LogP contribution in [0.5, 0.6) is 11.5 Å². The second-order valence-electron chi connectivity index (χ2n) is 7.90. The number of nitrogens with one attached hydrogen (secondary N) is 3. The van der Waals surface area contributed by atoms with E-state index in [4.69, 9.17) is 14.5 Å². The van der Waals surface area contributed by atoms with Gasteiger partial charge in [0.15, 0.2) is 0 Å². The van der Waals surface area contributed by atoms with E-state index >= 15 is 0 Å². The molecule has 0 atom stereocenters. The molecule has 0 bridgehead atoms. The van der Waals surface area contributed by atoms with E-state index < -0.39 is 0 Å². The Morgan fingerprint density at radius 3 is 2.62 bits per heavy atom. The van der Waals surface area contributed by atoms with Crippen molar-refractivity contribution in [1.29, 1.82) is 0 Å². The van der Waals surface area contributed by atoms with Gasteiger partial charge < -0.3 is 30.0 Å². The highest BCUT2D eigenvalue weighted by Crippen LogP contribution is 2.34. The van der Waals surface area contributed by atoms with Gasteiger partial charge in [0.2, 0.25) is 5.95 Å². The van der Waals surface area contributed by atoms with Gasteiger partial charge in [-0.05, 0) is 54.9 Å². The van der Waals surface area contributed by atoms with E-state index in [1.807, 2.05) is 36.5 Å². The van der Waals surface area contributed by atoms with E-state index in [0.29, 0.717) is 11.8 Å². The van der Waals surface area contributed by atoms with Gasteiger partial charge in [-0.1, -0.05) is 12.1 Å². The van der Waals surface area contributed by atoms with Crippen molar-refractivity contribution in [1.82, 2.24) is 19.9 Å². The lowest BCUT2D eigenvalue weighted by atomic mass is 9.99. The number of para-hydroxylation sites is 2. The van der Waals surface area contributed by atoms with Crippen molar-refractivity contribution in [3.05, 3.63) is 59.8 Å². The SMILES string of the molecule is COc1cc2c(cc1Nc1nc(Nc3ccccc3OC)c3cc[nH]c3n1)CN(C)CC2. The number of hydrogen-bond donors (Lipinski definition) is 3. The van der Waals surface area contributed by atoms with Gasteiger partial charge >= 0.3 is 0 Å². The van der Waals surface area contributed by atoms with Gasteiger partial charge in [-0.3, -0.25) is 0 Å². The first kappa shape index (κ1) is 20.1. The number of fused-ring (bicyclic) bond motifs is 2. The van der Waals surface area contributed by atoms with E-state index in [1.54, 1.807) is 14.2 Å². The highest BCUT2D eigenvalue weighted by molar-refractivity contribution is 5.91. The second-order valence-corrected chi connectivity index (χ2v) is 7.90. The van der Waals surface area contributed by atoms with Crippen molar-refractivity contribution in [2.75, 3.05) is 38.4 Å². The lowest BCUT2D eigenvalue weighted by molar-refractivity contribution is 0.312. The fraction of sp³-hybridized carbons (Fsp3) is 0.250. The molecule has 0 radical (unpaired) electrons. The van der Waals surface area contributed by atoms with Crippen molar-refractivity contribution >= 4 is 34.2 Å². The predicted molar refractivity (Wildman–Crippen MR) is 126 cm³/mol. The van der Waals surface area contributed by atoms with Crippen molar-refractivity contribution < 1.29 is 9.47 Å². The molecule has 1 aliphatic rings. The molecule has 0 saturated heterocycles. The first-order valence-corrected chi connectivity index (χ1v) is 10.5. The van der Waals surface area contributed by atoms with E-state index in [-0.39, 0.29) is 0 Å². The molecule has 32 heavy (non-hydrogen) atoms.